The van der Waals surface area contributed by atoms with Crippen LogP contribution in [0.2, 0.25) is 0 Å². The predicted octanol–water partition coefficient (Wildman–Crippen LogP) is 2.78. The molecule has 1 aliphatic rings. The maximum Gasteiger partial charge on any atom is 0.323 e. The standard InChI is InChI=1S/C16H19F2NO3/c1-3-9(2)19(8-15(20)21)16(22)13-7-11(13)12-6-10(17)4-5-14(12)18/h4-6,9,11,13H,3,7-8H2,1-2H3,(H,20,21). The molecule has 0 aromatic heterocycles. The Balaban J connectivity index is 2.13. The van der Waals surface area contributed by atoms with E-state index in [0.29, 0.717) is 12.8 Å². The van der Waals surface area contributed by atoms with Gasteiger partial charge in [0.1, 0.15) is 18.2 Å². The van der Waals surface area contributed by atoms with Gasteiger partial charge in [0, 0.05) is 12.0 Å². The van der Waals surface area contributed by atoms with Crippen LogP contribution in [0.25, 0.3) is 0 Å². The van der Waals surface area contributed by atoms with Crippen molar-refractivity contribution in [2.75, 3.05) is 6.54 Å². The summed E-state index contributed by atoms with van der Waals surface area (Å²) in [6, 6.07) is 2.99. The first-order valence-corrected chi connectivity index (χ1v) is 7.32. The van der Waals surface area contributed by atoms with Crippen LogP contribution in [0.4, 0.5) is 8.78 Å². The van der Waals surface area contributed by atoms with E-state index in [-0.39, 0.29) is 30.0 Å². The minimum atomic E-state index is -1.08. The molecule has 0 spiro atoms. The van der Waals surface area contributed by atoms with Gasteiger partial charge in [-0.1, -0.05) is 6.92 Å². The van der Waals surface area contributed by atoms with E-state index in [0.717, 1.165) is 18.2 Å². The second-order valence-corrected chi connectivity index (χ2v) is 5.73. The number of carboxylic acids is 1. The lowest BCUT2D eigenvalue weighted by atomic mass is 10.1. The number of carbonyl (C=O) groups is 2. The summed E-state index contributed by atoms with van der Waals surface area (Å²) in [6.07, 6.45) is 1.05. The van der Waals surface area contributed by atoms with E-state index in [2.05, 4.69) is 0 Å². The molecule has 1 amide bonds. The van der Waals surface area contributed by atoms with Crippen LogP contribution in [0.3, 0.4) is 0 Å². The molecule has 22 heavy (non-hydrogen) atoms. The summed E-state index contributed by atoms with van der Waals surface area (Å²) in [5.41, 5.74) is 0.192. The Morgan fingerprint density at radius 3 is 2.68 bits per heavy atom. The fourth-order valence-electron chi connectivity index (χ4n) is 2.64. The van der Waals surface area contributed by atoms with Gasteiger partial charge in [0.2, 0.25) is 5.91 Å². The second kappa shape index (κ2) is 6.42. The molecule has 1 aromatic carbocycles. The van der Waals surface area contributed by atoms with Gasteiger partial charge in [-0.05, 0) is 49.4 Å². The van der Waals surface area contributed by atoms with Gasteiger partial charge in [-0.15, -0.1) is 0 Å². The van der Waals surface area contributed by atoms with Crippen molar-refractivity contribution in [2.45, 2.75) is 38.6 Å². The SMILES string of the molecule is CCC(C)N(CC(=O)O)C(=O)C1CC1c1cc(F)ccc1F. The summed E-state index contributed by atoms with van der Waals surface area (Å²) in [5, 5.41) is 8.94. The molecule has 3 atom stereocenters. The first-order chi connectivity index (χ1) is 10.3. The number of carboxylic acid groups (broad SMARTS) is 1. The van der Waals surface area contributed by atoms with E-state index >= 15 is 0 Å². The van der Waals surface area contributed by atoms with Gasteiger partial charge in [0.25, 0.3) is 0 Å². The maximum absolute atomic E-state index is 13.7. The summed E-state index contributed by atoms with van der Waals surface area (Å²) in [7, 11) is 0. The zero-order valence-electron chi connectivity index (χ0n) is 12.6. The van der Waals surface area contributed by atoms with Gasteiger partial charge >= 0.3 is 5.97 Å². The third-order valence-corrected chi connectivity index (χ3v) is 4.18. The number of nitrogens with zero attached hydrogens (tertiary/aromatic N) is 1. The zero-order valence-corrected chi connectivity index (χ0v) is 12.6. The van der Waals surface area contributed by atoms with Crippen molar-refractivity contribution in [3.05, 3.63) is 35.4 Å². The molecule has 0 radical (unpaired) electrons. The predicted molar refractivity (Wildman–Crippen MR) is 76.3 cm³/mol. The average Bonchev–Trinajstić information content (AvgIpc) is 3.26. The van der Waals surface area contributed by atoms with E-state index < -0.39 is 23.5 Å². The first-order valence-electron chi connectivity index (χ1n) is 7.32. The number of hydrogen-bond acceptors (Lipinski definition) is 2. The van der Waals surface area contributed by atoms with E-state index in [1.165, 1.54) is 4.90 Å². The molecule has 0 heterocycles. The Kier molecular flexibility index (Phi) is 4.78. The zero-order chi connectivity index (χ0) is 16.4. The molecule has 2 rings (SSSR count). The molecule has 0 aliphatic heterocycles. The highest BCUT2D eigenvalue weighted by Gasteiger charge is 2.47. The van der Waals surface area contributed by atoms with Crippen molar-refractivity contribution in [1.29, 1.82) is 0 Å². The van der Waals surface area contributed by atoms with Crippen molar-refractivity contribution >= 4 is 11.9 Å². The van der Waals surface area contributed by atoms with Gasteiger partial charge < -0.3 is 10.0 Å². The highest BCUT2D eigenvalue weighted by Crippen LogP contribution is 2.49. The highest BCUT2D eigenvalue weighted by molar-refractivity contribution is 5.86. The van der Waals surface area contributed by atoms with Crippen molar-refractivity contribution in [3.63, 3.8) is 0 Å². The topological polar surface area (TPSA) is 57.6 Å². The van der Waals surface area contributed by atoms with Crippen LogP contribution < -0.4 is 0 Å². The fourth-order valence-corrected chi connectivity index (χ4v) is 2.64. The van der Waals surface area contributed by atoms with Crippen molar-refractivity contribution < 1.29 is 23.5 Å². The fraction of sp³-hybridized carbons (Fsp3) is 0.500. The molecule has 0 bridgehead atoms. The summed E-state index contributed by atoms with van der Waals surface area (Å²) < 4.78 is 27.0. The quantitative estimate of drug-likeness (QED) is 0.879. The molecule has 1 fully saturated rings. The number of aliphatic carboxylic acids is 1. The Labute approximate surface area is 127 Å². The summed E-state index contributed by atoms with van der Waals surface area (Å²) in [4.78, 5) is 24.7. The van der Waals surface area contributed by atoms with Crippen LogP contribution in [0.15, 0.2) is 18.2 Å². The molecule has 6 heteroatoms. The Morgan fingerprint density at radius 1 is 1.41 bits per heavy atom. The number of benzene rings is 1. The number of halogens is 2. The molecular weight excluding hydrogens is 292 g/mol. The average molecular weight is 311 g/mol. The smallest absolute Gasteiger partial charge is 0.323 e. The van der Waals surface area contributed by atoms with Crippen molar-refractivity contribution in [1.82, 2.24) is 4.90 Å². The van der Waals surface area contributed by atoms with Crippen LogP contribution in [0, 0.1) is 17.6 Å². The number of amides is 1. The van der Waals surface area contributed by atoms with Crippen molar-refractivity contribution in [3.8, 4) is 0 Å². The molecule has 3 unspecified atom stereocenters. The van der Waals surface area contributed by atoms with Crippen LogP contribution in [-0.2, 0) is 9.59 Å². The molecule has 4 nitrogen and oxygen atoms in total. The number of carbonyl (C=O) groups excluding carboxylic acids is 1. The van der Waals surface area contributed by atoms with E-state index in [9.17, 15) is 18.4 Å². The maximum atomic E-state index is 13.7. The Morgan fingerprint density at radius 2 is 2.09 bits per heavy atom. The first kappa shape index (κ1) is 16.4. The van der Waals surface area contributed by atoms with E-state index in [1.807, 2.05) is 6.92 Å². The van der Waals surface area contributed by atoms with Crippen LogP contribution >= 0.6 is 0 Å². The Bertz CT molecular complexity index is 591. The summed E-state index contributed by atoms with van der Waals surface area (Å²) in [5.74, 6) is -3.30. The summed E-state index contributed by atoms with van der Waals surface area (Å²) in [6.45, 7) is 3.27. The number of hydrogen-bond donors (Lipinski definition) is 1. The van der Waals surface area contributed by atoms with Crippen LogP contribution in [0.1, 0.15) is 38.2 Å². The highest BCUT2D eigenvalue weighted by atomic mass is 19.1. The van der Waals surface area contributed by atoms with Gasteiger partial charge in [-0.3, -0.25) is 9.59 Å². The van der Waals surface area contributed by atoms with E-state index in [4.69, 9.17) is 5.11 Å². The van der Waals surface area contributed by atoms with Crippen LogP contribution in [0.5, 0.6) is 0 Å². The largest absolute Gasteiger partial charge is 0.480 e. The number of rotatable bonds is 6. The summed E-state index contributed by atoms with van der Waals surface area (Å²) >= 11 is 0. The lowest BCUT2D eigenvalue weighted by Gasteiger charge is -2.27. The monoisotopic (exact) mass is 311 g/mol. The minimum absolute atomic E-state index is 0.192. The minimum Gasteiger partial charge on any atom is -0.480 e. The molecule has 1 aromatic rings. The van der Waals surface area contributed by atoms with Crippen molar-refractivity contribution in [2.24, 2.45) is 5.92 Å². The Hall–Kier alpha value is -1.98. The third-order valence-electron chi connectivity index (χ3n) is 4.18. The lowest BCUT2D eigenvalue weighted by Crippen LogP contribution is -2.42. The molecule has 120 valence electrons. The molecular formula is C16H19F2NO3. The van der Waals surface area contributed by atoms with Crippen LogP contribution in [-0.4, -0.2) is 34.5 Å². The van der Waals surface area contributed by atoms with Gasteiger partial charge in [-0.2, -0.15) is 0 Å². The normalized spacial score (nSPS) is 21.3. The van der Waals surface area contributed by atoms with E-state index in [1.54, 1.807) is 6.92 Å². The molecule has 1 aliphatic carbocycles. The molecule has 1 N–H and O–H groups in total. The second-order valence-electron chi connectivity index (χ2n) is 5.73. The third kappa shape index (κ3) is 3.43. The molecule has 1 saturated carbocycles. The van der Waals surface area contributed by atoms with Gasteiger partial charge in [-0.25, -0.2) is 8.78 Å². The lowest BCUT2D eigenvalue weighted by molar-refractivity contribution is -0.146. The van der Waals surface area contributed by atoms with Gasteiger partial charge in [0.05, 0.1) is 0 Å². The van der Waals surface area contributed by atoms with Gasteiger partial charge in [0.15, 0.2) is 0 Å². The molecule has 0 saturated heterocycles.